The first-order chi connectivity index (χ1) is 6.97. The summed E-state index contributed by atoms with van der Waals surface area (Å²) >= 11 is 0. The van der Waals surface area contributed by atoms with Crippen LogP contribution in [0.5, 0.6) is 0 Å². The Hall–Kier alpha value is -0.850. The van der Waals surface area contributed by atoms with Gasteiger partial charge in [0.2, 0.25) is 0 Å². The fourth-order valence-electron chi connectivity index (χ4n) is 2.31. The Morgan fingerprint density at radius 2 is 2.20 bits per heavy atom. The van der Waals surface area contributed by atoms with Gasteiger partial charge in [0.15, 0.2) is 0 Å². The molecule has 0 amide bonds. The first-order valence-electron chi connectivity index (χ1n) is 5.77. The summed E-state index contributed by atoms with van der Waals surface area (Å²) in [6.07, 6.45) is 9.98. The number of hydrogen-bond donors (Lipinski definition) is 0. The van der Waals surface area contributed by atoms with E-state index in [1.165, 1.54) is 18.4 Å². The van der Waals surface area contributed by atoms with Crippen LogP contribution in [-0.4, -0.2) is 6.29 Å². The van der Waals surface area contributed by atoms with Gasteiger partial charge in [0.1, 0.15) is 6.29 Å². The number of carbonyl (C=O) groups excluding carboxylic acids is 1. The summed E-state index contributed by atoms with van der Waals surface area (Å²) in [4.78, 5) is 10.6. The van der Waals surface area contributed by atoms with Gasteiger partial charge >= 0.3 is 0 Å². The van der Waals surface area contributed by atoms with E-state index < -0.39 is 0 Å². The zero-order valence-electron chi connectivity index (χ0n) is 10.3. The Bertz CT molecular complexity index is 284. The Balaban J connectivity index is 2.81. The average molecular weight is 206 g/mol. The van der Waals surface area contributed by atoms with Crippen molar-refractivity contribution >= 4 is 6.29 Å². The highest BCUT2D eigenvalue weighted by atomic mass is 16.1. The molecule has 0 saturated heterocycles. The van der Waals surface area contributed by atoms with E-state index in [-0.39, 0.29) is 5.92 Å². The molecule has 0 fully saturated rings. The maximum absolute atomic E-state index is 10.6. The summed E-state index contributed by atoms with van der Waals surface area (Å²) in [6.45, 7) is 8.74. The zero-order chi connectivity index (χ0) is 11.5. The lowest BCUT2D eigenvalue weighted by Gasteiger charge is -2.36. The van der Waals surface area contributed by atoms with Gasteiger partial charge in [-0.1, -0.05) is 44.6 Å². The van der Waals surface area contributed by atoms with Crippen molar-refractivity contribution in [2.45, 2.75) is 40.5 Å². The summed E-state index contributed by atoms with van der Waals surface area (Å²) in [7, 11) is 0. The van der Waals surface area contributed by atoms with E-state index in [0.29, 0.717) is 11.3 Å². The summed E-state index contributed by atoms with van der Waals surface area (Å²) in [6, 6.07) is 0. The first-order valence-corrected chi connectivity index (χ1v) is 5.77. The van der Waals surface area contributed by atoms with Crippen LogP contribution >= 0.6 is 0 Å². The molecule has 0 unspecified atom stereocenters. The topological polar surface area (TPSA) is 17.1 Å². The molecule has 0 aromatic carbocycles. The Morgan fingerprint density at radius 1 is 1.53 bits per heavy atom. The molecule has 0 N–H and O–H groups in total. The van der Waals surface area contributed by atoms with Crippen LogP contribution in [0.15, 0.2) is 23.8 Å². The van der Waals surface area contributed by atoms with Crippen molar-refractivity contribution < 1.29 is 4.79 Å². The van der Waals surface area contributed by atoms with Gasteiger partial charge < -0.3 is 4.79 Å². The molecule has 15 heavy (non-hydrogen) atoms. The maximum atomic E-state index is 10.6. The van der Waals surface area contributed by atoms with Gasteiger partial charge in [0.05, 0.1) is 0 Å². The van der Waals surface area contributed by atoms with Crippen LogP contribution in [0.2, 0.25) is 0 Å². The summed E-state index contributed by atoms with van der Waals surface area (Å²) in [5, 5.41) is 0. The number of aldehydes is 1. The fraction of sp³-hybridized carbons (Fsp3) is 0.643. The van der Waals surface area contributed by atoms with Gasteiger partial charge in [-0.15, -0.1) is 0 Å². The van der Waals surface area contributed by atoms with Crippen molar-refractivity contribution in [3.63, 3.8) is 0 Å². The van der Waals surface area contributed by atoms with Crippen molar-refractivity contribution in [1.82, 2.24) is 0 Å². The summed E-state index contributed by atoms with van der Waals surface area (Å²) in [5.74, 6) is 0.532. The number of carbonyl (C=O) groups is 1. The molecule has 1 aliphatic rings. The van der Waals surface area contributed by atoms with E-state index in [2.05, 4.69) is 32.9 Å². The van der Waals surface area contributed by atoms with Gasteiger partial charge in [0.25, 0.3) is 0 Å². The van der Waals surface area contributed by atoms with Gasteiger partial charge in [-0.05, 0) is 25.2 Å². The van der Waals surface area contributed by atoms with Crippen molar-refractivity contribution in [2.75, 3.05) is 0 Å². The predicted molar refractivity (Wildman–Crippen MR) is 64.6 cm³/mol. The Kier molecular flexibility index (Phi) is 3.90. The minimum atomic E-state index is 0.0375. The van der Waals surface area contributed by atoms with E-state index >= 15 is 0 Å². The number of hydrogen-bond acceptors (Lipinski definition) is 1. The third-order valence-corrected chi connectivity index (χ3v) is 3.41. The molecule has 2 atom stereocenters. The van der Waals surface area contributed by atoms with Crippen LogP contribution < -0.4 is 0 Å². The molecule has 1 rings (SSSR count). The van der Waals surface area contributed by atoms with Gasteiger partial charge in [0, 0.05) is 11.8 Å². The monoisotopic (exact) mass is 206 g/mol. The van der Waals surface area contributed by atoms with Crippen molar-refractivity contribution in [1.29, 1.82) is 0 Å². The van der Waals surface area contributed by atoms with E-state index in [4.69, 9.17) is 0 Å². The van der Waals surface area contributed by atoms with Crippen LogP contribution in [0, 0.1) is 17.3 Å². The molecule has 1 nitrogen and oxygen atoms in total. The third kappa shape index (κ3) is 3.05. The third-order valence-electron chi connectivity index (χ3n) is 3.41. The van der Waals surface area contributed by atoms with Gasteiger partial charge in [-0.2, -0.15) is 0 Å². The normalized spacial score (nSPS) is 27.5. The van der Waals surface area contributed by atoms with E-state index in [1.807, 2.05) is 13.0 Å². The van der Waals surface area contributed by atoms with Gasteiger partial charge in [-0.25, -0.2) is 0 Å². The van der Waals surface area contributed by atoms with Crippen LogP contribution in [0.4, 0.5) is 0 Å². The Labute approximate surface area is 93.3 Å². The molecular weight excluding hydrogens is 184 g/mol. The molecule has 1 heteroatoms. The molecule has 0 saturated carbocycles. The standard InChI is InChI=1S/C14H22O/c1-11(10-15)7-8-13-12(2)6-5-9-14(13,3)4/h6-8,10-11,13H,5,9H2,1-4H3/b8-7-/t11-,13-/m1/s1. The molecule has 0 aromatic heterocycles. The molecule has 0 bridgehead atoms. The Morgan fingerprint density at radius 3 is 2.73 bits per heavy atom. The summed E-state index contributed by atoms with van der Waals surface area (Å²) in [5.41, 5.74) is 1.78. The van der Waals surface area contributed by atoms with E-state index in [9.17, 15) is 4.79 Å². The lowest BCUT2D eigenvalue weighted by atomic mass is 9.68. The molecule has 1 aliphatic carbocycles. The van der Waals surface area contributed by atoms with Crippen LogP contribution in [-0.2, 0) is 4.79 Å². The molecule has 0 heterocycles. The highest BCUT2D eigenvalue weighted by molar-refractivity contribution is 5.55. The van der Waals surface area contributed by atoms with Gasteiger partial charge in [-0.3, -0.25) is 0 Å². The maximum Gasteiger partial charge on any atom is 0.126 e. The molecular formula is C14H22O. The largest absolute Gasteiger partial charge is 0.303 e. The zero-order valence-corrected chi connectivity index (χ0v) is 10.3. The van der Waals surface area contributed by atoms with Crippen molar-refractivity contribution in [2.24, 2.45) is 17.3 Å². The SMILES string of the molecule is CC1=CCCC(C)(C)[C@@H]1/C=C\[C@@H](C)C=O. The predicted octanol–water partition coefficient (Wildman–Crippen LogP) is 3.76. The minimum absolute atomic E-state index is 0.0375. The lowest BCUT2D eigenvalue weighted by Crippen LogP contribution is -2.26. The fourth-order valence-corrected chi connectivity index (χ4v) is 2.31. The van der Waals surface area contributed by atoms with E-state index in [0.717, 1.165) is 6.29 Å². The highest BCUT2D eigenvalue weighted by Crippen LogP contribution is 2.41. The molecule has 0 aromatic rings. The van der Waals surface area contributed by atoms with Crippen LogP contribution in [0.1, 0.15) is 40.5 Å². The molecule has 84 valence electrons. The molecule has 0 aliphatic heterocycles. The summed E-state index contributed by atoms with van der Waals surface area (Å²) < 4.78 is 0. The molecule has 0 spiro atoms. The van der Waals surface area contributed by atoms with Crippen LogP contribution in [0.3, 0.4) is 0 Å². The lowest BCUT2D eigenvalue weighted by molar-refractivity contribution is -0.109. The average Bonchev–Trinajstić information content (AvgIpc) is 2.15. The number of allylic oxidation sites excluding steroid dienone is 4. The number of rotatable bonds is 3. The van der Waals surface area contributed by atoms with Crippen LogP contribution in [0.25, 0.3) is 0 Å². The molecule has 0 radical (unpaired) electrons. The quantitative estimate of drug-likeness (QED) is 0.507. The van der Waals surface area contributed by atoms with Crippen molar-refractivity contribution in [3.05, 3.63) is 23.8 Å². The highest BCUT2D eigenvalue weighted by Gasteiger charge is 2.30. The smallest absolute Gasteiger partial charge is 0.126 e. The second-order valence-corrected chi connectivity index (χ2v) is 5.33. The first kappa shape index (κ1) is 12.2. The van der Waals surface area contributed by atoms with E-state index in [1.54, 1.807) is 0 Å². The minimum Gasteiger partial charge on any atom is -0.303 e. The second-order valence-electron chi connectivity index (χ2n) is 5.33. The van der Waals surface area contributed by atoms with Crippen molar-refractivity contribution in [3.8, 4) is 0 Å². The second kappa shape index (κ2) is 4.78.